The van der Waals surface area contributed by atoms with Crippen molar-refractivity contribution in [2.75, 3.05) is 0 Å². The lowest BCUT2D eigenvalue weighted by atomic mass is 10.0. The Kier molecular flexibility index (Phi) is 5.33. The number of benzene rings is 1. The third kappa shape index (κ3) is 4.87. The van der Waals surface area contributed by atoms with Crippen molar-refractivity contribution >= 4 is 17.3 Å². The molecule has 0 fully saturated rings. The number of hydrogen-bond donors (Lipinski definition) is 0. The Morgan fingerprint density at radius 3 is 2.17 bits per heavy atom. The topological polar surface area (TPSA) is 75.2 Å². The van der Waals surface area contributed by atoms with Gasteiger partial charge in [-0.2, -0.15) is 5.26 Å². The molecule has 1 heterocycles. The van der Waals surface area contributed by atoms with Crippen molar-refractivity contribution in [1.82, 2.24) is 4.98 Å². The molecular weight excluding hydrogens is 290 g/mol. The zero-order chi connectivity index (χ0) is 16.7. The number of hydrogen-bond acceptors (Lipinski definition) is 4. The molecule has 0 spiro atoms. The predicted octanol–water partition coefficient (Wildman–Crippen LogP) is 2.82. The smallest absolute Gasteiger partial charge is 0.187 e. The molecule has 0 aliphatic heterocycles. The van der Waals surface area contributed by atoms with Gasteiger partial charge in [0.05, 0.1) is 13.0 Å². The summed E-state index contributed by atoms with van der Waals surface area (Å²) in [4.78, 5) is 31.0. The highest BCUT2D eigenvalue weighted by Crippen LogP contribution is 2.13. The second-order valence-corrected chi connectivity index (χ2v) is 5.05. The van der Waals surface area contributed by atoms with Crippen molar-refractivity contribution in [2.24, 2.45) is 0 Å². The van der Waals surface area contributed by atoms with Gasteiger partial charge in [-0.25, -0.2) is 9.83 Å². The van der Waals surface area contributed by atoms with Crippen molar-refractivity contribution in [2.45, 2.75) is 19.3 Å². The van der Waals surface area contributed by atoms with Crippen LogP contribution in [0.25, 0.3) is 4.85 Å². The number of pyridine rings is 1. The molecule has 0 aliphatic carbocycles. The zero-order valence-electron chi connectivity index (χ0n) is 12.3. The van der Waals surface area contributed by atoms with Gasteiger partial charge in [-0.3, -0.25) is 9.59 Å². The number of nitriles is 1. The van der Waals surface area contributed by atoms with Crippen LogP contribution in [0.3, 0.4) is 0 Å². The van der Waals surface area contributed by atoms with Gasteiger partial charge in [0.15, 0.2) is 5.69 Å². The maximum absolute atomic E-state index is 11.9. The summed E-state index contributed by atoms with van der Waals surface area (Å²) >= 11 is 0. The summed E-state index contributed by atoms with van der Waals surface area (Å²) in [5, 5.41) is 8.66. The number of Topliss-reactive ketones (excluding diaryl/α,β-unsaturated/α-hetero) is 2. The Morgan fingerprint density at radius 1 is 1.04 bits per heavy atom. The molecule has 2 aromatic rings. The Labute approximate surface area is 134 Å². The van der Waals surface area contributed by atoms with E-state index < -0.39 is 0 Å². The number of aromatic nitrogens is 1. The van der Waals surface area contributed by atoms with E-state index in [4.69, 9.17) is 11.8 Å². The van der Waals surface area contributed by atoms with Crippen LogP contribution < -0.4 is 0 Å². The fourth-order valence-corrected chi connectivity index (χ4v) is 2.08. The van der Waals surface area contributed by atoms with Gasteiger partial charge in [0.1, 0.15) is 23.3 Å². The number of ketones is 2. The van der Waals surface area contributed by atoms with Crippen LogP contribution in [-0.2, 0) is 22.4 Å². The van der Waals surface area contributed by atoms with E-state index in [2.05, 4.69) is 9.83 Å². The predicted molar refractivity (Wildman–Crippen MR) is 83.7 cm³/mol. The molecule has 23 heavy (non-hydrogen) atoms. The minimum absolute atomic E-state index is 0.126. The maximum atomic E-state index is 11.9. The van der Waals surface area contributed by atoms with Crippen LogP contribution in [0.5, 0.6) is 0 Å². The van der Waals surface area contributed by atoms with Crippen molar-refractivity contribution < 1.29 is 9.59 Å². The van der Waals surface area contributed by atoms with Crippen molar-refractivity contribution in [3.63, 3.8) is 0 Å². The van der Waals surface area contributed by atoms with Gasteiger partial charge in [-0.1, -0.05) is 30.3 Å². The van der Waals surface area contributed by atoms with Crippen molar-refractivity contribution in [3.8, 4) is 6.07 Å². The summed E-state index contributed by atoms with van der Waals surface area (Å²) in [5.74, 6) is -0.341. The van der Waals surface area contributed by atoms with E-state index in [1.54, 1.807) is 36.4 Å². The first-order chi connectivity index (χ1) is 11.1. The molecule has 0 bridgehead atoms. The van der Waals surface area contributed by atoms with E-state index in [0.29, 0.717) is 16.9 Å². The largest absolute Gasteiger partial charge is 0.299 e. The van der Waals surface area contributed by atoms with Gasteiger partial charge in [0.25, 0.3) is 0 Å². The number of carbonyl (C=O) groups excluding carboxylic acids is 2. The Hall–Kier alpha value is -3.31. The lowest BCUT2D eigenvalue weighted by Gasteiger charge is -2.02. The first-order valence-electron chi connectivity index (χ1n) is 6.95. The van der Waals surface area contributed by atoms with E-state index in [0.717, 1.165) is 5.56 Å². The highest BCUT2D eigenvalue weighted by Gasteiger charge is 2.11. The molecule has 0 saturated carbocycles. The molecule has 5 nitrogen and oxygen atoms in total. The van der Waals surface area contributed by atoms with Gasteiger partial charge in [0.2, 0.25) is 0 Å². The van der Waals surface area contributed by atoms with Gasteiger partial charge < -0.3 is 0 Å². The number of rotatable bonds is 6. The highest BCUT2D eigenvalue weighted by molar-refractivity contribution is 6.00. The van der Waals surface area contributed by atoms with Gasteiger partial charge in [0, 0.05) is 19.0 Å². The lowest BCUT2D eigenvalue weighted by Crippen LogP contribution is -2.12. The van der Waals surface area contributed by atoms with Crippen LogP contribution in [0.15, 0.2) is 42.6 Å². The summed E-state index contributed by atoms with van der Waals surface area (Å²) in [6.07, 6.45) is 1.64. The Bertz CT molecular complexity index is 725. The Balaban J connectivity index is 1.87. The van der Waals surface area contributed by atoms with E-state index >= 15 is 0 Å². The van der Waals surface area contributed by atoms with Crippen LogP contribution in [0.2, 0.25) is 0 Å². The molecule has 5 heteroatoms. The van der Waals surface area contributed by atoms with Gasteiger partial charge in [-0.05, 0) is 17.2 Å². The average molecular weight is 303 g/mol. The first-order valence-corrected chi connectivity index (χ1v) is 6.95. The molecule has 1 aromatic heterocycles. The fourth-order valence-electron chi connectivity index (χ4n) is 2.08. The minimum Gasteiger partial charge on any atom is -0.299 e. The lowest BCUT2D eigenvalue weighted by molar-refractivity contribution is -0.126. The first kappa shape index (κ1) is 16.1. The normalized spacial score (nSPS) is 9.65. The molecule has 0 radical (unpaired) electrons. The number of nitrogens with zero attached hydrogens (tertiary/aromatic N) is 3. The van der Waals surface area contributed by atoms with E-state index in [1.165, 1.54) is 6.20 Å². The van der Waals surface area contributed by atoms with E-state index in [-0.39, 0.29) is 30.8 Å². The van der Waals surface area contributed by atoms with Crippen LogP contribution in [0.4, 0.5) is 5.69 Å². The summed E-state index contributed by atoms with van der Waals surface area (Å²) in [6.45, 7) is 6.87. The second kappa shape index (κ2) is 7.63. The molecule has 112 valence electrons. The molecule has 0 aliphatic rings. The maximum Gasteiger partial charge on any atom is 0.187 e. The van der Waals surface area contributed by atoms with Crippen LogP contribution >= 0.6 is 0 Å². The molecule has 0 amide bonds. The summed E-state index contributed by atoms with van der Waals surface area (Å²) in [5.41, 5.74) is 2.28. The Morgan fingerprint density at radius 2 is 1.65 bits per heavy atom. The SMILES string of the molecule is [C-]#[N+]c1ccc(CC(=O)CC(=O)Cc2ccc(C#N)nc2)cc1. The third-order valence-electron chi connectivity index (χ3n) is 3.20. The monoisotopic (exact) mass is 303 g/mol. The molecule has 0 unspecified atom stereocenters. The summed E-state index contributed by atoms with van der Waals surface area (Å²) < 4.78 is 0. The van der Waals surface area contributed by atoms with Crippen LogP contribution in [0.1, 0.15) is 23.2 Å². The molecule has 2 rings (SSSR count). The standard InChI is InChI=1S/C18H13N3O2/c1-20-15-5-2-13(3-6-15)8-17(22)10-18(23)9-14-4-7-16(11-19)21-12-14/h2-7,12H,8-10H2. The highest BCUT2D eigenvalue weighted by atomic mass is 16.1. The molecular formula is C18H13N3O2. The summed E-state index contributed by atoms with van der Waals surface area (Å²) in [6, 6.07) is 11.9. The quantitative estimate of drug-likeness (QED) is 0.607. The number of carbonyl (C=O) groups is 2. The van der Waals surface area contributed by atoms with E-state index in [9.17, 15) is 9.59 Å². The zero-order valence-corrected chi connectivity index (χ0v) is 12.3. The van der Waals surface area contributed by atoms with Crippen LogP contribution in [0, 0.1) is 17.9 Å². The van der Waals surface area contributed by atoms with Gasteiger partial charge >= 0.3 is 0 Å². The van der Waals surface area contributed by atoms with E-state index in [1.807, 2.05) is 6.07 Å². The molecule has 0 N–H and O–H groups in total. The minimum atomic E-state index is -0.181. The van der Waals surface area contributed by atoms with Gasteiger partial charge in [-0.15, -0.1) is 0 Å². The molecule has 0 atom stereocenters. The molecule has 1 aromatic carbocycles. The van der Waals surface area contributed by atoms with Crippen molar-refractivity contribution in [1.29, 1.82) is 5.26 Å². The van der Waals surface area contributed by atoms with Crippen molar-refractivity contribution in [3.05, 3.63) is 70.8 Å². The third-order valence-corrected chi connectivity index (χ3v) is 3.20. The molecule has 0 saturated heterocycles. The fraction of sp³-hybridized carbons (Fsp3) is 0.167. The van der Waals surface area contributed by atoms with Crippen LogP contribution in [-0.4, -0.2) is 16.6 Å². The summed E-state index contributed by atoms with van der Waals surface area (Å²) in [7, 11) is 0. The average Bonchev–Trinajstić information content (AvgIpc) is 2.56. The second-order valence-electron chi connectivity index (χ2n) is 5.05.